The first-order valence-corrected chi connectivity index (χ1v) is 35.2. The van der Waals surface area contributed by atoms with Crippen molar-refractivity contribution in [3.63, 3.8) is 0 Å². The van der Waals surface area contributed by atoms with Gasteiger partial charge in [0.25, 0.3) is 0 Å². The van der Waals surface area contributed by atoms with Gasteiger partial charge in [0.05, 0.1) is 38.6 Å². The summed E-state index contributed by atoms with van der Waals surface area (Å²) in [5, 5.41) is 120. The van der Waals surface area contributed by atoms with E-state index in [1.54, 1.807) is 6.08 Å². The van der Waals surface area contributed by atoms with Crippen LogP contribution in [0.3, 0.4) is 0 Å². The Morgan fingerprint density at radius 3 is 1.14 bits per heavy atom. The number of unbranched alkanes of at least 4 members (excludes halogenated alkanes) is 34. The molecule has 3 aliphatic heterocycles. The van der Waals surface area contributed by atoms with Crippen molar-refractivity contribution >= 4 is 5.91 Å². The number of hydrogen-bond acceptors (Lipinski definition) is 18. The normalized spacial score (nSPS) is 28.6. The molecule has 12 N–H and O–H groups in total. The third-order valence-corrected chi connectivity index (χ3v) is 17.7. The maximum Gasteiger partial charge on any atom is 0.220 e. The minimum Gasteiger partial charge on any atom is -0.394 e. The lowest BCUT2D eigenvalue weighted by Gasteiger charge is -2.48. The van der Waals surface area contributed by atoms with Gasteiger partial charge in [-0.3, -0.25) is 4.79 Å². The molecule has 0 aromatic heterocycles. The van der Waals surface area contributed by atoms with Gasteiger partial charge in [-0.1, -0.05) is 249 Å². The number of ether oxygens (including phenoxy) is 6. The lowest BCUT2D eigenvalue weighted by atomic mass is 9.96. The first kappa shape index (κ1) is 80.2. The molecule has 3 saturated heterocycles. The molecule has 19 heteroatoms. The van der Waals surface area contributed by atoms with Crippen molar-refractivity contribution in [2.24, 2.45) is 0 Å². The second kappa shape index (κ2) is 51.4. The summed E-state index contributed by atoms with van der Waals surface area (Å²) in [4.78, 5) is 13.4. The molecule has 0 aliphatic carbocycles. The average molecular weight is 1260 g/mol. The molecule has 1 amide bonds. The van der Waals surface area contributed by atoms with Gasteiger partial charge in [0.2, 0.25) is 5.91 Å². The van der Waals surface area contributed by atoms with Crippen molar-refractivity contribution < 1.29 is 89.4 Å². The zero-order valence-corrected chi connectivity index (χ0v) is 54.5. The highest BCUT2D eigenvalue weighted by molar-refractivity contribution is 5.76. The van der Waals surface area contributed by atoms with E-state index in [0.29, 0.717) is 12.8 Å². The van der Waals surface area contributed by atoms with Gasteiger partial charge in [-0.05, 0) is 44.9 Å². The monoisotopic (exact) mass is 1260 g/mol. The lowest BCUT2D eigenvalue weighted by Crippen LogP contribution is -2.66. The molecule has 88 heavy (non-hydrogen) atoms. The van der Waals surface area contributed by atoms with E-state index in [1.165, 1.54) is 186 Å². The molecule has 0 spiro atoms. The van der Waals surface area contributed by atoms with Gasteiger partial charge in [0, 0.05) is 6.42 Å². The molecule has 17 unspecified atom stereocenters. The van der Waals surface area contributed by atoms with Gasteiger partial charge in [-0.25, -0.2) is 0 Å². The first-order chi connectivity index (χ1) is 42.8. The molecule has 19 nitrogen and oxygen atoms in total. The summed E-state index contributed by atoms with van der Waals surface area (Å²) in [6.45, 7) is 1.73. The van der Waals surface area contributed by atoms with E-state index in [9.17, 15) is 61.0 Å². The maximum atomic E-state index is 13.4. The third-order valence-electron chi connectivity index (χ3n) is 17.7. The van der Waals surface area contributed by atoms with Crippen LogP contribution in [-0.4, -0.2) is 193 Å². The SMILES string of the molecule is CCCCCCCCCCCCCCCCCCC/C=C/CC/C=C/CC/C=C/C(O)C(COC1OC(CO)C(OC2OC(CO)C(OC3OC(CO)C(O)C(O)C3O)C(O)C2O)C(O)C1O)NC(=O)CCCCCCCCCCCCCCCCCC. The molecule has 17 atom stereocenters. The second-order valence-corrected chi connectivity index (χ2v) is 25.3. The van der Waals surface area contributed by atoms with Crippen LogP contribution >= 0.6 is 0 Å². The fraction of sp³-hybridized carbons (Fsp3) is 0.899. The van der Waals surface area contributed by atoms with Crippen molar-refractivity contribution in [1.82, 2.24) is 5.32 Å². The molecule has 0 radical (unpaired) electrons. The van der Waals surface area contributed by atoms with Crippen molar-refractivity contribution in [3.8, 4) is 0 Å². The summed E-state index contributed by atoms with van der Waals surface area (Å²) >= 11 is 0. The third kappa shape index (κ3) is 33.2. The lowest BCUT2D eigenvalue weighted by molar-refractivity contribution is -0.379. The van der Waals surface area contributed by atoms with E-state index in [-0.39, 0.29) is 18.9 Å². The van der Waals surface area contributed by atoms with Crippen LogP contribution in [0, 0.1) is 0 Å². The Labute approximate surface area is 530 Å². The van der Waals surface area contributed by atoms with Crippen LogP contribution in [0.5, 0.6) is 0 Å². The Balaban J connectivity index is 1.44. The zero-order chi connectivity index (χ0) is 64.0. The van der Waals surface area contributed by atoms with E-state index in [2.05, 4.69) is 43.5 Å². The fourth-order valence-electron chi connectivity index (χ4n) is 11.9. The van der Waals surface area contributed by atoms with E-state index in [1.807, 2.05) is 6.08 Å². The Morgan fingerprint density at radius 2 is 0.727 bits per heavy atom. The van der Waals surface area contributed by atoms with Crippen LogP contribution in [-0.2, 0) is 33.2 Å². The van der Waals surface area contributed by atoms with Gasteiger partial charge in [0.15, 0.2) is 18.9 Å². The molecule has 0 bridgehead atoms. The number of aliphatic hydroxyl groups is 11. The highest BCUT2D eigenvalue weighted by Gasteiger charge is 2.53. The molecule has 3 heterocycles. The summed E-state index contributed by atoms with van der Waals surface area (Å²) in [7, 11) is 0. The number of carbonyl (C=O) groups is 1. The largest absolute Gasteiger partial charge is 0.394 e. The standard InChI is InChI=1S/C69H127NO18/c1-3-5-7-9-11-13-15-17-19-21-22-23-24-25-26-27-28-29-30-31-32-34-36-38-40-42-44-46-53(74)52(70-57(75)47-45-43-41-39-37-35-33-20-18-16-14-12-10-8-6-4-2)51-83-67-63(81)60(78)65(55(49-72)85-67)88-69-64(82)61(79)66(56(50-73)86-69)87-68-62(80)59(77)58(76)54(48-71)84-68/h30-31,36,38,44,46,52-56,58-69,71-74,76-82H,3-29,32-35,37,39-43,45,47-51H2,1-2H3,(H,70,75)/b31-30+,38-36+,46-44+. The molecule has 3 aliphatic rings. The van der Waals surface area contributed by atoms with E-state index >= 15 is 0 Å². The second-order valence-electron chi connectivity index (χ2n) is 25.3. The van der Waals surface area contributed by atoms with Crippen LogP contribution in [0.4, 0.5) is 0 Å². The van der Waals surface area contributed by atoms with Crippen molar-refractivity contribution in [2.75, 3.05) is 26.4 Å². The number of rotatable bonds is 54. The molecular weight excluding hydrogens is 1130 g/mol. The number of aliphatic hydroxyl groups excluding tert-OH is 11. The number of hydrogen-bond donors (Lipinski definition) is 12. The predicted molar refractivity (Wildman–Crippen MR) is 342 cm³/mol. The minimum absolute atomic E-state index is 0.235. The zero-order valence-electron chi connectivity index (χ0n) is 54.5. The Hall–Kier alpha value is -1.99. The van der Waals surface area contributed by atoms with Gasteiger partial charge in [-0.15, -0.1) is 0 Å². The molecule has 0 saturated carbocycles. The molecule has 0 aromatic carbocycles. The fourth-order valence-corrected chi connectivity index (χ4v) is 11.9. The number of carbonyl (C=O) groups excluding carboxylic acids is 1. The van der Waals surface area contributed by atoms with E-state index < -0.39 is 124 Å². The Bertz CT molecular complexity index is 1740. The number of amides is 1. The summed E-state index contributed by atoms with van der Waals surface area (Å²) in [5.74, 6) is -0.286. The first-order valence-electron chi connectivity index (χ1n) is 35.2. The summed E-state index contributed by atoms with van der Waals surface area (Å²) in [6.07, 6.45) is 32.7. The minimum atomic E-state index is -1.98. The van der Waals surface area contributed by atoms with Crippen LogP contribution in [0.15, 0.2) is 36.5 Å². The van der Waals surface area contributed by atoms with Crippen LogP contribution in [0.1, 0.15) is 264 Å². The molecule has 3 fully saturated rings. The average Bonchev–Trinajstić information content (AvgIpc) is 1.28. The Kier molecular flexibility index (Phi) is 46.9. The summed E-state index contributed by atoms with van der Waals surface area (Å²) < 4.78 is 34.3. The van der Waals surface area contributed by atoms with Gasteiger partial charge < -0.3 is 89.9 Å². The topological polar surface area (TPSA) is 307 Å². The number of allylic oxidation sites excluding steroid dienone is 5. The smallest absolute Gasteiger partial charge is 0.220 e. The Morgan fingerprint density at radius 1 is 0.398 bits per heavy atom. The molecule has 0 aromatic rings. The van der Waals surface area contributed by atoms with Crippen molar-refractivity contribution in [1.29, 1.82) is 0 Å². The van der Waals surface area contributed by atoms with Crippen molar-refractivity contribution in [2.45, 2.75) is 369 Å². The molecular formula is C69H127NO18. The summed E-state index contributed by atoms with van der Waals surface area (Å²) in [5.41, 5.74) is 0. The summed E-state index contributed by atoms with van der Waals surface area (Å²) in [6, 6.07) is -0.994. The predicted octanol–water partition coefficient (Wildman–Crippen LogP) is 9.22. The van der Waals surface area contributed by atoms with Gasteiger partial charge >= 0.3 is 0 Å². The molecule has 516 valence electrons. The quantitative estimate of drug-likeness (QED) is 0.0199. The van der Waals surface area contributed by atoms with E-state index in [0.717, 1.165) is 44.9 Å². The maximum absolute atomic E-state index is 13.4. The van der Waals surface area contributed by atoms with Crippen LogP contribution in [0.25, 0.3) is 0 Å². The van der Waals surface area contributed by atoms with E-state index in [4.69, 9.17) is 28.4 Å². The highest BCUT2D eigenvalue weighted by atomic mass is 16.8. The van der Waals surface area contributed by atoms with Gasteiger partial charge in [0.1, 0.15) is 73.2 Å². The van der Waals surface area contributed by atoms with Crippen molar-refractivity contribution in [3.05, 3.63) is 36.5 Å². The van der Waals surface area contributed by atoms with Crippen LogP contribution in [0.2, 0.25) is 0 Å². The highest BCUT2D eigenvalue weighted by Crippen LogP contribution is 2.33. The number of nitrogens with one attached hydrogen (secondary N) is 1. The molecule has 3 rings (SSSR count). The van der Waals surface area contributed by atoms with Crippen LogP contribution < -0.4 is 5.32 Å². The van der Waals surface area contributed by atoms with Gasteiger partial charge in [-0.2, -0.15) is 0 Å².